The first-order valence-corrected chi connectivity index (χ1v) is 4.13. The highest BCUT2D eigenvalue weighted by Crippen LogP contribution is 2.68. The van der Waals surface area contributed by atoms with Crippen LogP contribution in [-0.4, -0.2) is 17.0 Å². The Balaban J connectivity index is 0.000000845. The third-order valence-electron chi connectivity index (χ3n) is 3.34. The van der Waals surface area contributed by atoms with E-state index >= 15 is 0 Å². The lowest BCUT2D eigenvalue weighted by molar-refractivity contribution is -0.141. The van der Waals surface area contributed by atoms with Gasteiger partial charge in [0, 0.05) is 0 Å². The molecular formula is C8H12ClNO3. The van der Waals surface area contributed by atoms with Gasteiger partial charge in [0.25, 0.3) is 0 Å². The van der Waals surface area contributed by atoms with Gasteiger partial charge in [-0.1, -0.05) is 6.42 Å². The number of primary amides is 1. The van der Waals surface area contributed by atoms with Crippen molar-refractivity contribution < 1.29 is 14.7 Å². The Hall–Kier alpha value is -0.770. The number of halogens is 1. The predicted molar refractivity (Wildman–Crippen MR) is 47.3 cm³/mol. The van der Waals surface area contributed by atoms with E-state index in [1.807, 2.05) is 0 Å². The Morgan fingerprint density at radius 3 is 2.38 bits per heavy atom. The minimum atomic E-state index is -0.862. The zero-order valence-corrected chi connectivity index (χ0v) is 7.84. The van der Waals surface area contributed by atoms with Crippen LogP contribution >= 0.6 is 12.4 Å². The van der Waals surface area contributed by atoms with Gasteiger partial charge >= 0.3 is 5.97 Å². The number of amides is 1. The van der Waals surface area contributed by atoms with Gasteiger partial charge in [-0.05, 0) is 18.8 Å². The number of hydrogen-bond donors (Lipinski definition) is 2. The van der Waals surface area contributed by atoms with Crippen LogP contribution in [0.5, 0.6) is 0 Å². The smallest absolute Gasteiger partial charge is 0.307 e. The molecule has 1 amide bonds. The number of nitrogens with two attached hydrogens (primary N) is 1. The van der Waals surface area contributed by atoms with Gasteiger partial charge in [0.05, 0.1) is 11.3 Å². The van der Waals surface area contributed by atoms with Gasteiger partial charge in [0.1, 0.15) is 0 Å². The summed E-state index contributed by atoms with van der Waals surface area (Å²) >= 11 is 0. The van der Waals surface area contributed by atoms with Crippen molar-refractivity contribution in [1.82, 2.24) is 0 Å². The molecule has 0 aromatic rings. The second-order valence-corrected chi connectivity index (χ2v) is 3.72. The van der Waals surface area contributed by atoms with Gasteiger partial charge in [-0.3, -0.25) is 9.59 Å². The van der Waals surface area contributed by atoms with Crippen LogP contribution in [-0.2, 0) is 9.59 Å². The topological polar surface area (TPSA) is 80.4 Å². The summed E-state index contributed by atoms with van der Waals surface area (Å²) in [6, 6.07) is 0. The van der Waals surface area contributed by atoms with Gasteiger partial charge in [0.15, 0.2) is 0 Å². The standard InChI is InChI=1S/C8H11NO3.ClH/c9-7(12)8-3-1-2-4(8)5(8)6(10)11;/h4-5H,1-3H2,(H2,9,12)(H,10,11);1H. The van der Waals surface area contributed by atoms with Crippen LogP contribution in [0.25, 0.3) is 0 Å². The second-order valence-electron chi connectivity index (χ2n) is 3.72. The van der Waals surface area contributed by atoms with Crippen molar-refractivity contribution in [3.63, 3.8) is 0 Å². The third-order valence-corrected chi connectivity index (χ3v) is 3.34. The number of carboxylic acid groups (broad SMARTS) is 1. The molecular weight excluding hydrogens is 194 g/mol. The van der Waals surface area contributed by atoms with E-state index < -0.39 is 23.2 Å². The first-order chi connectivity index (χ1) is 5.60. The maximum absolute atomic E-state index is 11.0. The number of rotatable bonds is 2. The molecule has 3 unspecified atom stereocenters. The first kappa shape index (κ1) is 10.3. The van der Waals surface area contributed by atoms with Gasteiger partial charge < -0.3 is 10.8 Å². The van der Waals surface area contributed by atoms with Crippen LogP contribution in [0.1, 0.15) is 19.3 Å². The number of carbonyl (C=O) groups excluding carboxylic acids is 1. The van der Waals surface area contributed by atoms with Crippen LogP contribution < -0.4 is 5.73 Å². The largest absolute Gasteiger partial charge is 0.481 e. The lowest BCUT2D eigenvalue weighted by Gasteiger charge is -2.06. The van der Waals surface area contributed by atoms with E-state index in [-0.39, 0.29) is 18.3 Å². The van der Waals surface area contributed by atoms with Crippen LogP contribution in [0.2, 0.25) is 0 Å². The lowest BCUT2D eigenvalue weighted by Crippen LogP contribution is -2.27. The molecule has 3 N–H and O–H groups in total. The van der Waals surface area contributed by atoms with Gasteiger partial charge in [0.2, 0.25) is 5.91 Å². The molecule has 0 spiro atoms. The van der Waals surface area contributed by atoms with Crippen molar-refractivity contribution in [3.05, 3.63) is 0 Å². The van der Waals surface area contributed by atoms with Crippen molar-refractivity contribution in [2.45, 2.75) is 19.3 Å². The zero-order chi connectivity index (χ0) is 8.93. The zero-order valence-electron chi connectivity index (χ0n) is 7.03. The summed E-state index contributed by atoms with van der Waals surface area (Å²) in [5, 5.41) is 8.77. The molecule has 3 atom stereocenters. The normalized spacial score (nSPS) is 40.3. The Labute approximate surface area is 81.9 Å². The number of carbonyl (C=O) groups is 2. The van der Waals surface area contributed by atoms with Crippen molar-refractivity contribution in [1.29, 1.82) is 0 Å². The summed E-state index contributed by atoms with van der Waals surface area (Å²) in [5.74, 6) is -1.73. The number of fused-ring (bicyclic) bond motifs is 1. The van der Waals surface area contributed by atoms with Crippen molar-refractivity contribution in [3.8, 4) is 0 Å². The molecule has 0 aromatic carbocycles. The summed E-state index contributed by atoms with van der Waals surface area (Å²) in [6.45, 7) is 0. The Kier molecular flexibility index (Phi) is 2.28. The molecule has 0 bridgehead atoms. The van der Waals surface area contributed by atoms with Crippen LogP contribution in [0.3, 0.4) is 0 Å². The molecule has 13 heavy (non-hydrogen) atoms. The molecule has 5 heteroatoms. The van der Waals surface area contributed by atoms with E-state index in [0.29, 0.717) is 6.42 Å². The summed E-state index contributed by atoms with van der Waals surface area (Å²) in [7, 11) is 0. The highest BCUT2D eigenvalue weighted by molar-refractivity contribution is 5.93. The predicted octanol–water partition coefficient (Wildman–Crippen LogP) is 0.394. The molecule has 0 aromatic heterocycles. The van der Waals surface area contributed by atoms with Crippen molar-refractivity contribution in [2.24, 2.45) is 23.0 Å². The highest BCUT2D eigenvalue weighted by Gasteiger charge is 2.73. The minimum absolute atomic E-state index is 0. The maximum Gasteiger partial charge on any atom is 0.307 e. The van der Waals surface area contributed by atoms with Crippen molar-refractivity contribution >= 4 is 24.3 Å². The van der Waals surface area contributed by atoms with Crippen LogP contribution in [0, 0.1) is 17.3 Å². The van der Waals surface area contributed by atoms with Crippen LogP contribution in [0.4, 0.5) is 0 Å². The molecule has 2 fully saturated rings. The Morgan fingerprint density at radius 2 is 2.08 bits per heavy atom. The second kappa shape index (κ2) is 2.87. The summed E-state index contributed by atoms with van der Waals surface area (Å²) in [5.41, 5.74) is 4.54. The van der Waals surface area contributed by atoms with Gasteiger partial charge in [-0.15, -0.1) is 12.4 Å². The van der Waals surface area contributed by atoms with Gasteiger partial charge in [-0.2, -0.15) is 0 Å². The van der Waals surface area contributed by atoms with Crippen molar-refractivity contribution in [2.75, 3.05) is 0 Å². The van der Waals surface area contributed by atoms with E-state index in [1.165, 1.54) is 0 Å². The van der Waals surface area contributed by atoms with Gasteiger partial charge in [-0.25, -0.2) is 0 Å². The summed E-state index contributed by atoms with van der Waals surface area (Å²) < 4.78 is 0. The van der Waals surface area contributed by atoms with E-state index in [9.17, 15) is 9.59 Å². The Morgan fingerprint density at radius 1 is 1.46 bits per heavy atom. The Bertz CT molecular complexity index is 268. The van der Waals surface area contributed by atoms with E-state index in [2.05, 4.69) is 0 Å². The number of aliphatic carboxylic acids is 1. The molecule has 74 valence electrons. The molecule has 0 saturated heterocycles. The highest BCUT2D eigenvalue weighted by atomic mass is 35.5. The molecule has 0 aliphatic heterocycles. The monoisotopic (exact) mass is 205 g/mol. The number of hydrogen-bond acceptors (Lipinski definition) is 2. The molecule has 0 radical (unpaired) electrons. The molecule has 2 aliphatic rings. The lowest BCUT2D eigenvalue weighted by atomic mass is 9.99. The SMILES string of the molecule is Cl.NC(=O)C12CCCC1C2C(=O)O. The average molecular weight is 206 g/mol. The van der Waals surface area contributed by atoms with E-state index in [0.717, 1.165) is 12.8 Å². The number of carboxylic acids is 1. The maximum atomic E-state index is 11.0. The third kappa shape index (κ3) is 1.05. The van der Waals surface area contributed by atoms with Crippen LogP contribution in [0.15, 0.2) is 0 Å². The first-order valence-electron chi connectivity index (χ1n) is 4.13. The quantitative estimate of drug-likeness (QED) is 0.685. The average Bonchev–Trinajstić information content (AvgIpc) is 2.44. The molecule has 2 saturated carbocycles. The van der Waals surface area contributed by atoms with E-state index in [4.69, 9.17) is 10.8 Å². The molecule has 4 nitrogen and oxygen atoms in total. The fourth-order valence-corrected chi connectivity index (χ4v) is 2.75. The summed E-state index contributed by atoms with van der Waals surface area (Å²) in [6.07, 6.45) is 2.46. The minimum Gasteiger partial charge on any atom is -0.481 e. The summed E-state index contributed by atoms with van der Waals surface area (Å²) in [4.78, 5) is 21.7. The molecule has 2 aliphatic carbocycles. The fraction of sp³-hybridized carbons (Fsp3) is 0.750. The molecule has 2 rings (SSSR count). The fourth-order valence-electron chi connectivity index (χ4n) is 2.75. The molecule has 0 heterocycles. The van der Waals surface area contributed by atoms with E-state index in [1.54, 1.807) is 0 Å².